The Morgan fingerprint density at radius 1 is 1.44 bits per heavy atom. The lowest BCUT2D eigenvalue weighted by molar-refractivity contribution is 0.376. The molecule has 1 aliphatic rings. The molecular weight excluding hydrogens is 230 g/mol. The van der Waals surface area contributed by atoms with E-state index in [0.29, 0.717) is 12.0 Å². The monoisotopic (exact) mass is 243 g/mol. The molecule has 0 saturated carbocycles. The van der Waals surface area contributed by atoms with E-state index in [-0.39, 0.29) is 11.3 Å². The van der Waals surface area contributed by atoms with Crippen LogP contribution in [0, 0.1) is 0 Å². The first kappa shape index (κ1) is 11.3. The standard InChI is InChI=1S/C9H14ClN5O/c1-6-5-15(4-3-11-6)8-12-7(10)13-9(14-8)16-2/h6,11H,3-5H2,1-2H3/t6-/m1/s1. The molecule has 0 bridgehead atoms. The third-order valence-electron chi connectivity index (χ3n) is 2.41. The van der Waals surface area contributed by atoms with Crippen LogP contribution in [-0.4, -0.2) is 47.7 Å². The van der Waals surface area contributed by atoms with Crippen molar-refractivity contribution in [1.82, 2.24) is 20.3 Å². The van der Waals surface area contributed by atoms with Gasteiger partial charge in [-0.1, -0.05) is 0 Å². The van der Waals surface area contributed by atoms with Crippen LogP contribution in [0.25, 0.3) is 0 Å². The molecule has 7 heteroatoms. The van der Waals surface area contributed by atoms with Gasteiger partial charge in [-0.2, -0.15) is 15.0 Å². The summed E-state index contributed by atoms with van der Waals surface area (Å²) in [6.07, 6.45) is 0. The normalized spacial score (nSPS) is 20.9. The maximum atomic E-state index is 5.80. The van der Waals surface area contributed by atoms with Crippen molar-refractivity contribution in [2.24, 2.45) is 0 Å². The number of aromatic nitrogens is 3. The van der Waals surface area contributed by atoms with Gasteiger partial charge in [0.1, 0.15) is 0 Å². The summed E-state index contributed by atoms with van der Waals surface area (Å²) in [7, 11) is 1.51. The van der Waals surface area contributed by atoms with Gasteiger partial charge in [-0.3, -0.25) is 0 Å². The fourth-order valence-corrected chi connectivity index (χ4v) is 1.82. The summed E-state index contributed by atoms with van der Waals surface area (Å²) in [5, 5.41) is 3.51. The van der Waals surface area contributed by atoms with Gasteiger partial charge in [-0.05, 0) is 18.5 Å². The highest BCUT2D eigenvalue weighted by Gasteiger charge is 2.19. The molecule has 2 heterocycles. The first-order valence-corrected chi connectivity index (χ1v) is 5.50. The number of anilines is 1. The van der Waals surface area contributed by atoms with Crippen molar-refractivity contribution in [3.05, 3.63) is 5.28 Å². The Kier molecular flexibility index (Phi) is 3.40. The molecule has 0 spiro atoms. The van der Waals surface area contributed by atoms with Gasteiger partial charge in [0, 0.05) is 25.7 Å². The minimum atomic E-state index is 0.160. The smallest absolute Gasteiger partial charge is 0.322 e. The molecule has 0 unspecified atom stereocenters. The van der Waals surface area contributed by atoms with E-state index in [1.807, 2.05) is 0 Å². The van der Waals surface area contributed by atoms with Crippen molar-refractivity contribution < 1.29 is 4.74 Å². The van der Waals surface area contributed by atoms with Gasteiger partial charge < -0.3 is 15.0 Å². The molecule has 0 aromatic carbocycles. The molecule has 1 aliphatic heterocycles. The SMILES string of the molecule is COc1nc(Cl)nc(N2CCN[C@H](C)C2)n1. The Bertz CT molecular complexity index is 375. The van der Waals surface area contributed by atoms with Crippen molar-refractivity contribution in [3.63, 3.8) is 0 Å². The molecule has 1 N–H and O–H groups in total. The molecule has 2 rings (SSSR count). The number of nitrogens with one attached hydrogen (secondary N) is 1. The molecule has 1 fully saturated rings. The van der Waals surface area contributed by atoms with Crippen LogP contribution < -0.4 is 15.0 Å². The lowest BCUT2D eigenvalue weighted by atomic mass is 10.2. The molecule has 1 aromatic rings. The number of nitrogens with zero attached hydrogens (tertiary/aromatic N) is 4. The summed E-state index contributed by atoms with van der Waals surface area (Å²) in [6.45, 7) is 4.73. The number of hydrogen-bond acceptors (Lipinski definition) is 6. The van der Waals surface area contributed by atoms with Crippen molar-refractivity contribution in [2.45, 2.75) is 13.0 Å². The van der Waals surface area contributed by atoms with Crippen LogP contribution in [0.1, 0.15) is 6.92 Å². The highest BCUT2D eigenvalue weighted by Crippen LogP contribution is 2.16. The zero-order valence-corrected chi connectivity index (χ0v) is 10.0. The third-order valence-corrected chi connectivity index (χ3v) is 2.58. The predicted octanol–water partition coefficient (Wildman–Crippen LogP) is 0.332. The minimum Gasteiger partial charge on any atom is -0.467 e. The highest BCUT2D eigenvalue weighted by molar-refractivity contribution is 6.28. The maximum absolute atomic E-state index is 5.80. The van der Waals surface area contributed by atoms with Gasteiger partial charge in [0.15, 0.2) is 0 Å². The lowest BCUT2D eigenvalue weighted by Crippen LogP contribution is -2.49. The quantitative estimate of drug-likeness (QED) is 0.808. The van der Waals surface area contributed by atoms with Crippen LogP contribution in [-0.2, 0) is 0 Å². The fraction of sp³-hybridized carbons (Fsp3) is 0.667. The van der Waals surface area contributed by atoms with Crippen molar-refractivity contribution in [3.8, 4) is 6.01 Å². The van der Waals surface area contributed by atoms with Crippen LogP contribution in [0.2, 0.25) is 5.28 Å². The molecule has 88 valence electrons. The van der Waals surface area contributed by atoms with E-state index in [4.69, 9.17) is 16.3 Å². The van der Waals surface area contributed by atoms with Gasteiger partial charge in [0.05, 0.1) is 7.11 Å². The van der Waals surface area contributed by atoms with Crippen LogP contribution >= 0.6 is 11.6 Å². The van der Waals surface area contributed by atoms with Gasteiger partial charge in [-0.15, -0.1) is 0 Å². The predicted molar refractivity (Wildman–Crippen MR) is 61.1 cm³/mol. The fourth-order valence-electron chi connectivity index (χ4n) is 1.67. The van der Waals surface area contributed by atoms with E-state index in [1.54, 1.807) is 0 Å². The summed E-state index contributed by atoms with van der Waals surface area (Å²) < 4.78 is 4.96. The summed E-state index contributed by atoms with van der Waals surface area (Å²) in [6, 6.07) is 0.663. The third kappa shape index (κ3) is 2.51. The van der Waals surface area contributed by atoms with Crippen LogP contribution in [0.3, 0.4) is 0 Å². The molecule has 0 aliphatic carbocycles. The average molecular weight is 244 g/mol. The molecule has 1 saturated heterocycles. The second-order valence-electron chi connectivity index (χ2n) is 3.69. The lowest BCUT2D eigenvalue weighted by Gasteiger charge is -2.31. The van der Waals surface area contributed by atoms with Crippen LogP contribution in [0.5, 0.6) is 6.01 Å². The van der Waals surface area contributed by atoms with Crippen LogP contribution in [0.15, 0.2) is 0 Å². The maximum Gasteiger partial charge on any atom is 0.322 e. The number of rotatable bonds is 2. The minimum absolute atomic E-state index is 0.160. The summed E-state index contributed by atoms with van der Waals surface area (Å²) in [5.74, 6) is 0.574. The zero-order valence-electron chi connectivity index (χ0n) is 9.27. The average Bonchev–Trinajstić information content (AvgIpc) is 2.28. The zero-order chi connectivity index (χ0) is 11.5. The molecular formula is C9H14ClN5O. The van der Waals surface area contributed by atoms with Gasteiger partial charge in [0.25, 0.3) is 0 Å². The van der Waals surface area contributed by atoms with E-state index in [1.165, 1.54) is 7.11 Å². The van der Waals surface area contributed by atoms with Gasteiger partial charge in [-0.25, -0.2) is 0 Å². The van der Waals surface area contributed by atoms with E-state index in [0.717, 1.165) is 19.6 Å². The van der Waals surface area contributed by atoms with E-state index in [9.17, 15) is 0 Å². The second kappa shape index (κ2) is 4.80. The van der Waals surface area contributed by atoms with Crippen LogP contribution in [0.4, 0.5) is 5.95 Å². The Balaban J connectivity index is 2.21. The van der Waals surface area contributed by atoms with E-state index >= 15 is 0 Å². The number of ether oxygens (including phenoxy) is 1. The summed E-state index contributed by atoms with van der Waals surface area (Å²) in [4.78, 5) is 14.2. The molecule has 6 nitrogen and oxygen atoms in total. The van der Waals surface area contributed by atoms with E-state index < -0.39 is 0 Å². The Morgan fingerprint density at radius 3 is 2.94 bits per heavy atom. The topological polar surface area (TPSA) is 63.2 Å². The molecule has 16 heavy (non-hydrogen) atoms. The Morgan fingerprint density at radius 2 is 2.25 bits per heavy atom. The Hall–Kier alpha value is -1.14. The summed E-state index contributed by atoms with van der Waals surface area (Å²) in [5.41, 5.74) is 0. The molecule has 0 radical (unpaired) electrons. The van der Waals surface area contributed by atoms with Crippen molar-refractivity contribution >= 4 is 17.5 Å². The van der Waals surface area contributed by atoms with Crippen molar-refractivity contribution in [2.75, 3.05) is 31.6 Å². The molecule has 1 atom stereocenters. The summed E-state index contributed by atoms with van der Waals surface area (Å²) >= 11 is 5.80. The van der Waals surface area contributed by atoms with E-state index in [2.05, 4.69) is 32.1 Å². The van der Waals surface area contributed by atoms with Crippen molar-refractivity contribution in [1.29, 1.82) is 0 Å². The number of methoxy groups -OCH3 is 1. The Labute approximate surface area is 99.0 Å². The molecule has 0 amide bonds. The number of halogens is 1. The first-order valence-electron chi connectivity index (χ1n) is 5.13. The largest absolute Gasteiger partial charge is 0.467 e. The number of piperazine rings is 1. The number of hydrogen-bond donors (Lipinski definition) is 1. The first-order chi connectivity index (χ1) is 7.69. The van der Waals surface area contributed by atoms with Gasteiger partial charge >= 0.3 is 6.01 Å². The highest BCUT2D eigenvalue weighted by atomic mass is 35.5. The van der Waals surface area contributed by atoms with Gasteiger partial charge in [0.2, 0.25) is 11.2 Å². The molecule has 1 aromatic heterocycles. The second-order valence-corrected chi connectivity index (χ2v) is 4.03.